The average Bonchev–Trinajstić information content (AvgIpc) is 2.53. The summed E-state index contributed by atoms with van der Waals surface area (Å²) in [6.45, 7) is 18.4. The van der Waals surface area contributed by atoms with Gasteiger partial charge in [-0.15, -0.1) is 0 Å². The van der Waals surface area contributed by atoms with Crippen LogP contribution in [0, 0.1) is 5.92 Å². The quantitative estimate of drug-likeness (QED) is 0.509. The molecule has 0 aliphatic carbocycles. The first kappa shape index (κ1) is 23.6. The van der Waals surface area contributed by atoms with Gasteiger partial charge in [-0.05, 0) is 31.5 Å². The molecule has 0 amide bonds. The fourth-order valence-electron chi connectivity index (χ4n) is 2.74. The van der Waals surface area contributed by atoms with Gasteiger partial charge in [0.15, 0.2) is 8.32 Å². The van der Waals surface area contributed by atoms with Gasteiger partial charge in [0.05, 0.1) is 19.3 Å². The molecular formula is C21H40O4Si. The van der Waals surface area contributed by atoms with E-state index >= 15 is 0 Å². The Morgan fingerprint density at radius 3 is 2.42 bits per heavy atom. The van der Waals surface area contributed by atoms with Crippen LogP contribution in [-0.4, -0.2) is 54.1 Å². The normalized spacial score (nSPS) is 30.9. The molecule has 5 heteroatoms. The summed E-state index contributed by atoms with van der Waals surface area (Å²) in [6.07, 6.45) is 7.21. The lowest BCUT2D eigenvalue weighted by Crippen LogP contribution is -2.49. The van der Waals surface area contributed by atoms with Gasteiger partial charge < -0.3 is 18.6 Å². The zero-order valence-electron chi connectivity index (χ0n) is 18.1. The van der Waals surface area contributed by atoms with Gasteiger partial charge >= 0.3 is 0 Å². The van der Waals surface area contributed by atoms with Crippen molar-refractivity contribution in [3.8, 4) is 0 Å². The second-order valence-electron chi connectivity index (χ2n) is 8.82. The van der Waals surface area contributed by atoms with E-state index in [1.807, 2.05) is 6.08 Å². The van der Waals surface area contributed by atoms with E-state index in [-0.39, 0.29) is 23.2 Å². The zero-order valence-corrected chi connectivity index (χ0v) is 19.1. The van der Waals surface area contributed by atoms with E-state index in [2.05, 4.69) is 59.9 Å². The molecule has 3 atom stereocenters. The summed E-state index contributed by atoms with van der Waals surface area (Å²) < 4.78 is 24.0. The number of methoxy groups -OCH3 is 1. The lowest BCUT2D eigenvalue weighted by Gasteiger charge is -2.42. The highest BCUT2D eigenvalue weighted by atomic mass is 28.4. The summed E-state index contributed by atoms with van der Waals surface area (Å²) in [4.78, 5) is 0. The lowest BCUT2D eigenvalue weighted by atomic mass is 9.97. The Bertz CT molecular complexity index is 465. The van der Waals surface area contributed by atoms with Crippen molar-refractivity contribution in [2.45, 2.75) is 71.4 Å². The Morgan fingerprint density at radius 1 is 1.15 bits per heavy atom. The second kappa shape index (κ2) is 10.8. The number of rotatable bonds is 3. The van der Waals surface area contributed by atoms with Crippen LogP contribution in [0.4, 0.5) is 0 Å². The van der Waals surface area contributed by atoms with Gasteiger partial charge in [-0.3, -0.25) is 0 Å². The first-order valence-corrected chi connectivity index (χ1v) is 12.7. The molecular weight excluding hydrogens is 344 g/mol. The van der Waals surface area contributed by atoms with Crippen LogP contribution in [0.3, 0.4) is 0 Å². The zero-order chi connectivity index (χ0) is 19.8. The SMILES string of the molecule is CO[C@H]1/C=C/COCCCOC/C(C)=C\[C@@H](C)[C@@H]1O[Si](C)(C)C(C)(C)C. The summed E-state index contributed by atoms with van der Waals surface area (Å²) in [5.74, 6) is 0.228. The third-order valence-electron chi connectivity index (χ3n) is 5.35. The van der Waals surface area contributed by atoms with Crippen LogP contribution < -0.4 is 0 Å². The molecule has 0 saturated heterocycles. The monoisotopic (exact) mass is 384 g/mol. The van der Waals surface area contributed by atoms with E-state index in [9.17, 15) is 0 Å². The van der Waals surface area contributed by atoms with Crippen LogP contribution in [0.2, 0.25) is 18.1 Å². The van der Waals surface area contributed by atoms with E-state index in [1.165, 1.54) is 5.57 Å². The third kappa shape index (κ3) is 7.65. The van der Waals surface area contributed by atoms with E-state index < -0.39 is 8.32 Å². The molecule has 1 aliphatic rings. The molecule has 0 aromatic rings. The molecule has 0 saturated carbocycles. The Morgan fingerprint density at radius 2 is 1.81 bits per heavy atom. The van der Waals surface area contributed by atoms with Crippen LogP contribution in [0.5, 0.6) is 0 Å². The minimum atomic E-state index is -1.93. The molecule has 4 nitrogen and oxygen atoms in total. The molecule has 26 heavy (non-hydrogen) atoms. The largest absolute Gasteiger partial charge is 0.410 e. The summed E-state index contributed by atoms with van der Waals surface area (Å²) in [5, 5.41) is 0.152. The molecule has 0 unspecified atom stereocenters. The maximum Gasteiger partial charge on any atom is 0.192 e. The van der Waals surface area contributed by atoms with Crippen molar-refractivity contribution in [1.82, 2.24) is 0 Å². The lowest BCUT2D eigenvalue weighted by molar-refractivity contribution is 0.00494. The van der Waals surface area contributed by atoms with Crippen LogP contribution in [0.1, 0.15) is 41.0 Å². The summed E-state index contributed by atoms with van der Waals surface area (Å²) in [7, 11) is -0.171. The Kier molecular flexibility index (Phi) is 9.76. The van der Waals surface area contributed by atoms with Crippen molar-refractivity contribution in [2.75, 3.05) is 33.5 Å². The number of hydrogen-bond donors (Lipinski definition) is 0. The van der Waals surface area contributed by atoms with E-state index in [0.717, 1.165) is 13.0 Å². The van der Waals surface area contributed by atoms with Gasteiger partial charge in [-0.1, -0.05) is 51.5 Å². The summed E-state index contributed by atoms with van der Waals surface area (Å²) in [5.41, 5.74) is 1.23. The van der Waals surface area contributed by atoms with Crippen molar-refractivity contribution in [2.24, 2.45) is 5.92 Å². The van der Waals surface area contributed by atoms with Crippen LogP contribution in [0.15, 0.2) is 23.8 Å². The Hall–Kier alpha value is -0.463. The molecule has 1 heterocycles. The Labute approximate surface area is 162 Å². The van der Waals surface area contributed by atoms with E-state index in [4.69, 9.17) is 18.6 Å². The maximum atomic E-state index is 6.80. The molecule has 0 radical (unpaired) electrons. The molecule has 0 aromatic heterocycles. The van der Waals surface area contributed by atoms with Gasteiger partial charge in [0, 0.05) is 26.2 Å². The van der Waals surface area contributed by atoms with Gasteiger partial charge in [-0.25, -0.2) is 0 Å². The van der Waals surface area contributed by atoms with Gasteiger partial charge in [0.1, 0.15) is 6.10 Å². The second-order valence-corrected chi connectivity index (χ2v) is 13.6. The van der Waals surface area contributed by atoms with Crippen molar-refractivity contribution < 1.29 is 18.6 Å². The van der Waals surface area contributed by atoms with Crippen LogP contribution in [-0.2, 0) is 18.6 Å². The fourth-order valence-corrected chi connectivity index (χ4v) is 4.12. The Balaban J connectivity index is 3.11. The van der Waals surface area contributed by atoms with Gasteiger partial charge in [0.2, 0.25) is 0 Å². The van der Waals surface area contributed by atoms with Crippen molar-refractivity contribution in [3.05, 3.63) is 23.8 Å². The third-order valence-corrected chi connectivity index (χ3v) is 9.82. The fraction of sp³-hybridized carbons (Fsp3) is 0.810. The number of ether oxygens (including phenoxy) is 3. The molecule has 0 fully saturated rings. The molecule has 1 rings (SSSR count). The molecule has 0 bridgehead atoms. The van der Waals surface area contributed by atoms with E-state index in [1.54, 1.807) is 7.11 Å². The average molecular weight is 385 g/mol. The van der Waals surface area contributed by atoms with Crippen LogP contribution >= 0.6 is 0 Å². The minimum Gasteiger partial charge on any atom is -0.410 e. The van der Waals surface area contributed by atoms with Crippen molar-refractivity contribution >= 4 is 8.32 Å². The highest BCUT2D eigenvalue weighted by Gasteiger charge is 2.41. The van der Waals surface area contributed by atoms with E-state index in [0.29, 0.717) is 19.8 Å². The highest BCUT2D eigenvalue weighted by Crippen LogP contribution is 2.39. The smallest absolute Gasteiger partial charge is 0.192 e. The minimum absolute atomic E-state index is 0.0324. The number of hydrogen-bond acceptors (Lipinski definition) is 4. The maximum absolute atomic E-state index is 6.80. The first-order chi connectivity index (χ1) is 12.1. The highest BCUT2D eigenvalue weighted by molar-refractivity contribution is 6.74. The summed E-state index contributed by atoms with van der Waals surface area (Å²) in [6, 6.07) is 0. The summed E-state index contributed by atoms with van der Waals surface area (Å²) >= 11 is 0. The molecule has 0 spiro atoms. The molecule has 0 aromatic carbocycles. The predicted molar refractivity (Wildman–Crippen MR) is 111 cm³/mol. The predicted octanol–water partition coefficient (Wildman–Crippen LogP) is 4.97. The standard InChI is InChI=1S/C21H40O4Si/c1-17-15-18(2)20(25-26(7,8)21(3,4)5)19(22-6)11-9-12-23-13-10-14-24-16-17/h9,11,15,18-20H,10,12-14,16H2,1-8H3/b11-9+,17-15-/t18-,19+,20+/m1/s1. The van der Waals surface area contributed by atoms with Gasteiger partial charge in [-0.2, -0.15) is 0 Å². The van der Waals surface area contributed by atoms with Crippen molar-refractivity contribution in [1.29, 1.82) is 0 Å². The topological polar surface area (TPSA) is 36.9 Å². The molecule has 1 aliphatic heterocycles. The van der Waals surface area contributed by atoms with Crippen molar-refractivity contribution in [3.63, 3.8) is 0 Å². The molecule has 152 valence electrons. The first-order valence-electron chi connectivity index (χ1n) is 9.78. The van der Waals surface area contributed by atoms with Gasteiger partial charge in [0.25, 0.3) is 0 Å². The van der Waals surface area contributed by atoms with Crippen LogP contribution in [0.25, 0.3) is 0 Å². The molecule has 0 N–H and O–H groups in total.